The molecular weight excluding hydrogens is 352 g/mol. The molecule has 0 radical (unpaired) electrons. The van der Waals surface area contributed by atoms with Gasteiger partial charge in [0, 0.05) is 38.6 Å². The third kappa shape index (κ3) is 6.00. The molecule has 28 heavy (non-hydrogen) atoms. The second-order valence-electron chi connectivity index (χ2n) is 9.01. The van der Waals surface area contributed by atoms with Crippen molar-refractivity contribution < 1.29 is 9.53 Å². The van der Waals surface area contributed by atoms with Crippen LogP contribution in [0.15, 0.2) is 24.5 Å². The third-order valence-electron chi connectivity index (χ3n) is 5.99. The zero-order chi connectivity index (χ0) is 20.0. The Labute approximate surface area is 169 Å². The van der Waals surface area contributed by atoms with E-state index in [1.807, 2.05) is 32.3 Å². The van der Waals surface area contributed by atoms with Crippen LogP contribution in [0.1, 0.15) is 45.1 Å². The maximum atomic E-state index is 12.8. The molecule has 2 fully saturated rings. The lowest BCUT2D eigenvalue weighted by atomic mass is 9.92. The summed E-state index contributed by atoms with van der Waals surface area (Å²) < 4.78 is 5.23. The van der Waals surface area contributed by atoms with Crippen LogP contribution in [0.2, 0.25) is 0 Å². The summed E-state index contributed by atoms with van der Waals surface area (Å²) in [7, 11) is 1.68. The van der Waals surface area contributed by atoms with Gasteiger partial charge in [0.1, 0.15) is 0 Å². The minimum Gasteiger partial charge on any atom is -0.382 e. The first-order valence-corrected chi connectivity index (χ1v) is 10.6. The smallest absolute Gasteiger partial charge is 0.224 e. The first-order chi connectivity index (χ1) is 13.5. The van der Waals surface area contributed by atoms with Gasteiger partial charge in [-0.3, -0.25) is 19.6 Å². The molecule has 0 unspecified atom stereocenters. The van der Waals surface area contributed by atoms with Crippen LogP contribution in [0.3, 0.4) is 0 Å². The zero-order valence-corrected chi connectivity index (χ0v) is 17.7. The summed E-state index contributed by atoms with van der Waals surface area (Å²) in [5.41, 5.74) is 0.973. The van der Waals surface area contributed by atoms with Crippen molar-refractivity contribution in [2.45, 2.75) is 57.7 Å². The number of rotatable bonds is 7. The second kappa shape index (κ2) is 9.81. The highest BCUT2D eigenvalue weighted by Crippen LogP contribution is 2.25. The molecule has 1 atom stereocenters. The summed E-state index contributed by atoms with van der Waals surface area (Å²) in [4.78, 5) is 22.1. The summed E-state index contributed by atoms with van der Waals surface area (Å²) in [6.45, 7) is 9.81. The fraction of sp³-hybridized carbons (Fsp3) is 0.727. The monoisotopic (exact) mass is 388 g/mol. The molecule has 2 aliphatic heterocycles. The van der Waals surface area contributed by atoms with E-state index in [9.17, 15) is 4.79 Å². The lowest BCUT2D eigenvalue weighted by Crippen LogP contribution is -2.54. The van der Waals surface area contributed by atoms with Gasteiger partial charge in [0.15, 0.2) is 0 Å². The van der Waals surface area contributed by atoms with Crippen molar-refractivity contribution in [2.24, 2.45) is 5.92 Å². The largest absolute Gasteiger partial charge is 0.382 e. The average Bonchev–Trinajstić information content (AvgIpc) is 2.69. The summed E-state index contributed by atoms with van der Waals surface area (Å²) >= 11 is 0. The highest BCUT2D eigenvalue weighted by Gasteiger charge is 2.33. The van der Waals surface area contributed by atoms with Gasteiger partial charge in [-0.2, -0.15) is 0 Å². The number of hydrogen-bond acceptors (Lipinski definition) is 5. The van der Waals surface area contributed by atoms with Crippen LogP contribution >= 0.6 is 0 Å². The quantitative estimate of drug-likeness (QED) is 0.777. The highest BCUT2D eigenvalue weighted by atomic mass is 16.5. The van der Waals surface area contributed by atoms with Gasteiger partial charge in [0.05, 0.1) is 18.1 Å². The lowest BCUT2D eigenvalue weighted by molar-refractivity contribution is -0.129. The predicted molar refractivity (Wildman–Crippen MR) is 111 cm³/mol. The maximum Gasteiger partial charge on any atom is 0.224 e. The molecule has 1 amide bonds. The van der Waals surface area contributed by atoms with Crippen LogP contribution in [-0.4, -0.2) is 72.2 Å². The number of nitrogens with one attached hydrogen (secondary N) is 1. The van der Waals surface area contributed by atoms with Crippen molar-refractivity contribution in [3.63, 3.8) is 0 Å². The maximum absolute atomic E-state index is 12.8. The fourth-order valence-corrected chi connectivity index (χ4v) is 4.58. The van der Waals surface area contributed by atoms with E-state index in [4.69, 9.17) is 4.74 Å². The van der Waals surface area contributed by atoms with Crippen LogP contribution < -0.4 is 5.32 Å². The summed E-state index contributed by atoms with van der Waals surface area (Å²) in [6.07, 6.45) is 8.26. The molecule has 6 heteroatoms. The van der Waals surface area contributed by atoms with Crippen LogP contribution in [0, 0.1) is 5.92 Å². The number of piperidine rings is 2. The first kappa shape index (κ1) is 21.2. The summed E-state index contributed by atoms with van der Waals surface area (Å²) in [5.74, 6) is 0.277. The predicted octanol–water partition coefficient (Wildman–Crippen LogP) is 2.30. The Morgan fingerprint density at radius 3 is 2.75 bits per heavy atom. The van der Waals surface area contributed by atoms with Gasteiger partial charge in [-0.15, -0.1) is 0 Å². The molecule has 0 bridgehead atoms. The van der Waals surface area contributed by atoms with E-state index in [0.717, 1.165) is 45.6 Å². The van der Waals surface area contributed by atoms with Crippen LogP contribution in [-0.2, 0) is 16.1 Å². The van der Waals surface area contributed by atoms with Gasteiger partial charge in [-0.1, -0.05) is 6.07 Å². The Morgan fingerprint density at radius 2 is 2.07 bits per heavy atom. The summed E-state index contributed by atoms with van der Waals surface area (Å²) in [5, 5.41) is 3.18. The number of ether oxygens (including phenoxy) is 1. The minimum absolute atomic E-state index is 0.0957. The Bertz CT molecular complexity index is 614. The van der Waals surface area contributed by atoms with Gasteiger partial charge < -0.3 is 10.1 Å². The van der Waals surface area contributed by atoms with Crippen molar-refractivity contribution in [3.05, 3.63) is 30.1 Å². The van der Waals surface area contributed by atoms with Crippen molar-refractivity contribution in [1.29, 1.82) is 0 Å². The van der Waals surface area contributed by atoms with E-state index in [1.165, 1.54) is 18.4 Å². The second-order valence-corrected chi connectivity index (χ2v) is 9.01. The van der Waals surface area contributed by atoms with Crippen LogP contribution in [0.5, 0.6) is 0 Å². The molecule has 1 aromatic heterocycles. The van der Waals surface area contributed by atoms with Crippen molar-refractivity contribution in [3.8, 4) is 0 Å². The van der Waals surface area contributed by atoms with Gasteiger partial charge in [0.25, 0.3) is 0 Å². The van der Waals surface area contributed by atoms with Gasteiger partial charge >= 0.3 is 0 Å². The molecule has 0 aliphatic carbocycles. The highest BCUT2D eigenvalue weighted by molar-refractivity contribution is 5.79. The number of hydrogen-bond donors (Lipinski definition) is 1. The van der Waals surface area contributed by atoms with E-state index in [1.54, 1.807) is 7.11 Å². The number of aromatic nitrogens is 1. The Balaban J connectivity index is 1.46. The number of carbonyl (C=O) groups excluding carboxylic acids is 1. The average molecular weight is 389 g/mol. The Morgan fingerprint density at radius 1 is 1.29 bits per heavy atom. The van der Waals surface area contributed by atoms with Gasteiger partial charge in [-0.25, -0.2) is 0 Å². The molecule has 6 nitrogen and oxygen atoms in total. The van der Waals surface area contributed by atoms with Crippen LogP contribution in [0.4, 0.5) is 0 Å². The first-order valence-electron chi connectivity index (χ1n) is 10.6. The van der Waals surface area contributed by atoms with Crippen molar-refractivity contribution in [2.75, 3.05) is 39.9 Å². The molecule has 0 aromatic carbocycles. The number of nitrogens with zero attached hydrogens (tertiary/aromatic N) is 3. The Hall–Kier alpha value is -1.50. The standard InChI is InChI=1S/C22H36N4O2/c1-22(2,17-28-3)24-21(27)19-7-5-11-26(16-19)20-8-12-25(13-9-20)15-18-6-4-10-23-14-18/h4,6,10,14,19-20H,5,7-9,11-13,15-17H2,1-3H3,(H,24,27)/t19-/m0/s1. The van der Waals surface area contributed by atoms with Crippen molar-refractivity contribution >= 4 is 5.91 Å². The lowest BCUT2D eigenvalue weighted by Gasteiger charge is -2.42. The molecule has 1 N–H and O–H groups in total. The molecule has 3 rings (SSSR count). The van der Waals surface area contributed by atoms with E-state index in [2.05, 4.69) is 26.2 Å². The van der Waals surface area contributed by atoms with E-state index in [-0.39, 0.29) is 17.4 Å². The number of methoxy groups -OCH3 is 1. The van der Waals surface area contributed by atoms with Gasteiger partial charge in [-0.05, 0) is 70.8 Å². The molecule has 2 saturated heterocycles. The molecular formula is C22H36N4O2. The molecule has 156 valence electrons. The number of pyridine rings is 1. The third-order valence-corrected chi connectivity index (χ3v) is 5.99. The Kier molecular flexibility index (Phi) is 7.43. The number of amides is 1. The zero-order valence-electron chi connectivity index (χ0n) is 17.7. The van der Waals surface area contributed by atoms with E-state index in [0.29, 0.717) is 12.6 Å². The molecule has 2 aliphatic rings. The molecule has 1 aromatic rings. The van der Waals surface area contributed by atoms with Gasteiger partial charge in [0.2, 0.25) is 5.91 Å². The van der Waals surface area contributed by atoms with E-state index < -0.39 is 0 Å². The molecule has 0 saturated carbocycles. The van der Waals surface area contributed by atoms with Crippen molar-refractivity contribution in [1.82, 2.24) is 20.1 Å². The minimum atomic E-state index is -0.314. The van der Waals surface area contributed by atoms with E-state index >= 15 is 0 Å². The fourth-order valence-electron chi connectivity index (χ4n) is 4.58. The normalized spacial score (nSPS) is 22.9. The topological polar surface area (TPSA) is 57.7 Å². The SMILES string of the molecule is COCC(C)(C)NC(=O)[C@H]1CCCN(C2CCN(Cc3cccnc3)CC2)C1. The molecule has 3 heterocycles. The number of carbonyl (C=O) groups is 1. The molecule has 0 spiro atoms. The van der Waals surface area contributed by atoms with Crippen LogP contribution in [0.25, 0.3) is 0 Å². The summed E-state index contributed by atoms with van der Waals surface area (Å²) in [6, 6.07) is 4.76. The number of likely N-dealkylation sites (tertiary alicyclic amines) is 2.